The Hall–Kier alpha value is -2.02. The van der Waals surface area contributed by atoms with Crippen LogP contribution in [0.1, 0.15) is 64.7 Å². The van der Waals surface area contributed by atoms with E-state index in [1.165, 1.54) is 33.4 Å². The minimum atomic E-state index is 0.0384. The summed E-state index contributed by atoms with van der Waals surface area (Å²) < 4.78 is 5.99. The van der Waals surface area contributed by atoms with E-state index in [1.807, 2.05) is 0 Å². The minimum absolute atomic E-state index is 0.0384. The maximum absolute atomic E-state index is 5.99. The van der Waals surface area contributed by atoms with Crippen molar-refractivity contribution < 1.29 is 4.74 Å². The van der Waals surface area contributed by atoms with Crippen LogP contribution in [0.15, 0.2) is 42.0 Å². The highest BCUT2D eigenvalue weighted by Gasteiger charge is 2.29. The van der Waals surface area contributed by atoms with E-state index in [2.05, 4.69) is 84.0 Å². The molecule has 0 N–H and O–H groups in total. The van der Waals surface area contributed by atoms with Crippen LogP contribution in [0.25, 0.3) is 17.2 Å². The molecule has 0 bridgehead atoms. The summed E-state index contributed by atoms with van der Waals surface area (Å²) in [5.41, 5.74) is 8.43. The first-order valence-electron chi connectivity index (χ1n) is 9.59. The number of ether oxygens (including phenoxy) is 1. The molecule has 1 heteroatoms. The summed E-state index contributed by atoms with van der Waals surface area (Å²) in [5, 5.41) is 0. The summed E-state index contributed by atoms with van der Waals surface area (Å²) >= 11 is 0. The molecule has 1 aliphatic rings. The molecule has 0 atom stereocenters. The highest BCUT2D eigenvalue weighted by molar-refractivity contribution is 5.86. The Bertz CT molecular complexity index is 827. The zero-order valence-electron chi connectivity index (χ0n) is 17.4. The molecule has 0 spiro atoms. The van der Waals surface area contributed by atoms with Crippen molar-refractivity contribution in [3.05, 3.63) is 58.7 Å². The molecular weight excluding hydrogens is 316 g/mol. The van der Waals surface area contributed by atoms with Crippen LogP contribution in [0.4, 0.5) is 0 Å². The van der Waals surface area contributed by atoms with Gasteiger partial charge in [0.05, 0.1) is 7.11 Å². The molecule has 0 aromatic heterocycles. The van der Waals surface area contributed by atoms with E-state index in [0.717, 1.165) is 18.6 Å². The van der Waals surface area contributed by atoms with E-state index in [1.54, 1.807) is 7.11 Å². The molecular formula is C25H32O. The van der Waals surface area contributed by atoms with Gasteiger partial charge in [-0.2, -0.15) is 0 Å². The summed E-state index contributed by atoms with van der Waals surface area (Å²) in [6, 6.07) is 13.1. The predicted octanol–water partition coefficient (Wildman–Crippen LogP) is 7.04. The lowest BCUT2D eigenvalue weighted by Crippen LogP contribution is -2.14. The summed E-state index contributed by atoms with van der Waals surface area (Å²) in [7, 11) is 1.80. The molecule has 0 radical (unpaired) electrons. The van der Waals surface area contributed by atoms with Crippen LogP contribution in [-0.4, -0.2) is 7.11 Å². The SMILES string of the molecule is COc1c(C(C)(C)C)cc2c(c1-c1ccccc1)C=C(CC(C)(C)C)C2. The van der Waals surface area contributed by atoms with Gasteiger partial charge in [0.15, 0.2) is 0 Å². The predicted molar refractivity (Wildman–Crippen MR) is 113 cm³/mol. The molecule has 0 fully saturated rings. The second-order valence-corrected chi connectivity index (χ2v) is 9.74. The average Bonchev–Trinajstić information content (AvgIpc) is 2.92. The Morgan fingerprint density at radius 2 is 1.62 bits per heavy atom. The van der Waals surface area contributed by atoms with Crippen molar-refractivity contribution in [2.45, 2.75) is 59.8 Å². The molecule has 1 aliphatic carbocycles. The Labute approximate surface area is 159 Å². The third-order valence-electron chi connectivity index (χ3n) is 5.00. The Morgan fingerprint density at radius 3 is 2.15 bits per heavy atom. The van der Waals surface area contributed by atoms with Gasteiger partial charge in [-0.1, -0.05) is 89.6 Å². The maximum Gasteiger partial charge on any atom is 0.131 e. The van der Waals surface area contributed by atoms with E-state index in [-0.39, 0.29) is 5.41 Å². The zero-order chi connectivity index (χ0) is 19.1. The molecule has 0 amide bonds. The number of methoxy groups -OCH3 is 1. The number of benzene rings is 2. The van der Waals surface area contributed by atoms with E-state index >= 15 is 0 Å². The Balaban J connectivity index is 2.25. The van der Waals surface area contributed by atoms with Crippen LogP contribution in [0.5, 0.6) is 5.75 Å². The van der Waals surface area contributed by atoms with Gasteiger partial charge in [0, 0.05) is 11.1 Å². The van der Waals surface area contributed by atoms with Crippen molar-refractivity contribution in [3.63, 3.8) is 0 Å². The van der Waals surface area contributed by atoms with E-state index in [4.69, 9.17) is 4.74 Å². The lowest BCUT2D eigenvalue weighted by atomic mass is 9.81. The number of hydrogen-bond acceptors (Lipinski definition) is 1. The second kappa shape index (κ2) is 6.61. The highest BCUT2D eigenvalue weighted by atomic mass is 16.5. The van der Waals surface area contributed by atoms with Gasteiger partial charge in [-0.3, -0.25) is 0 Å². The molecule has 1 nitrogen and oxygen atoms in total. The fourth-order valence-electron chi connectivity index (χ4n) is 4.00. The first kappa shape index (κ1) is 18.8. The largest absolute Gasteiger partial charge is 0.496 e. The van der Waals surface area contributed by atoms with Crippen LogP contribution >= 0.6 is 0 Å². The number of hydrogen-bond donors (Lipinski definition) is 0. The molecule has 0 saturated carbocycles. The zero-order valence-corrected chi connectivity index (χ0v) is 17.4. The van der Waals surface area contributed by atoms with Crippen LogP contribution in [0.2, 0.25) is 0 Å². The normalized spacial score (nSPS) is 14.2. The first-order chi connectivity index (χ1) is 12.1. The lowest BCUT2D eigenvalue weighted by Gasteiger charge is -2.26. The van der Waals surface area contributed by atoms with Crippen LogP contribution < -0.4 is 4.74 Å². The molecule has 0 saturated heterocycles. The van der Waals surface area contributed by atoms with E-state index in [0.29, 0.717) is 5.41 Å². The molecule has 0 heterocycles. The van der Waals surface area contributed by atoms with Crippen molar-refractivity contribution in [1.82, 2.24) is 0 Å². The number of fused-ring (bicyclic) bond motifs is 1. The molecule has 2 aromatic rings. The summed E-state index contributed by atoms with van der Waals surface area (Å²) in [4.78, 5) is 0. The fourth-order valence-corrected chi connectivity index (χ4v) is 4.00. The van der Waals surface area contributed by atoms with Crippen molar-refractivity contribution in [2.24, 2.45) is 5.41 Å². The number of rotatable bonds is 3. The van der Waals surface area contributed by atoms with Gasteiger partial charge in [0.2, 0.25) is 0 Å². The third-order valence-corrected chi connectivity index (χ3v) is 5.00. The Kier molecular flexibility index (Phi) is 4.77. The third kappa shape index (κ3) is 3.72. The summed E-state index contributed by atoms with van der Waals surface area (Å²) in [6.45, 7) is 13.8. The van der Waals surface area contributed by atoms with Crippen LogP contribution in [-0.2, 0) is 11.8 Å². The van der Waals surface area contributed by atoms with E-state index in [9.17, 15) is 0 Å². The lowest BCUT2D eigenvalue weighted by molar-refractivity contribution is 0.399. The van der Waals surface area contributed by atoms with Crippen LogP contribution in [0.3, 0.4) is 0 Å². The van der Waals surface area contributed by atoms with Crippen molar-refractivity contribution in [1.29, 1.82) is 0 Å². The average molecular weight is 349 g/mol. The van der Waals surface area contributed by atoms with Gasteiger partial charge < -0.3 is 4.74 Å². The summed E-state index contributed by atoms with van der Waals surface area (Å²) in [5.74, 6) is 1.02. The monoisotopic (exact) mass is 348 g/mol. The van der Waals surface area contributed by atoms with Crippen molar-refractivity contribution >= 4 is 6.08 Å². The molecule has 0 unspecified atom stereocenters. The second-order valence-electron chi connectivity index (χ2n) is 9.74. The molecule has 2 aromatic carbocycles. The topological polar surface area (TPSA) is 9.23 Å². The van der Waals surface area contributed by atoms with Gasteiger partial charge in [0.1, 0.15) is 5.75 Å². The van der Waals surface area contributed by atoms with Crippen molar-refractivity contribution in [2.75, 3.05) is 7.11 Å². The molecule has 26 heavy (non-hydrogen) atoms. The quantitative estimate of drug-likeness (QED) is 0.578. The van der Waals surface area contributed by atoms with Crippen molar-refractivity contribution in [3.8, 4) is 16.9 Å². The van der Waals surface area contributed by atoms with Gasteiger partial charge in [0.25, 0.3) is 0 Å². The Morgan fingerprint density at radius 1 is 0.962 bits per heavy atom. The first-order valence-corrected chi connectivity index (χ1v) is 9.59. The summed E-state index contributed by atoms with van der Waals surface area (Å²) in [6.07, 6.45) is 4.60. The van der Waals surface area contributed by atoms with E-state index < -0.39 is 0 Å². The smallest absolute Gasteiger partial charge is 0.131 e. The van der Waals surface area contributed by atoms with Gasteiger partial charge in [-0.05, 0) is 40.4 Å². The maximum atomic E-state index is 5.99. The highest BCUT2D eigenvalue weighted by Crippen LogP contribution is 2.47. The molecule has 3 rings (SSSR count). The standard InChI is InChI=1S/C25H32O/c1-24(2,3)16-17-13-19-15-21(25(4,5)6)23(26-7)22(20(19)14-17)18-11-9-8-10-12-18/h8-12,14-15H,13,16H2,1-7H3. The number of allylic oxidation sites excluding steroid dienone is 1. The fraction of sp³-hybridized carbons (Fsp3) is 0.440. The molecule has 0 aliphatic heterocycles. The van der Waals surface area contributed by atoms with Gasteiger partial charge >= 0.3 is 0 Å². The van der Waals surface area contributed by atoms with Crippen LogP contribution in [0, 0.1) is 5.41 Å². The van der Waals surface area contributed by atoms with Gasteiger partial charge in [-0.25, -0.2) is 0 Å². The molecule has 138 valence electrons. The van der Waals surface area contributed by atoms with Gasteiger partial charge in [-0.15, -0.1) is 0 Å². The minimum Gasteiger partial charge on any atom is -0.496 e.